The van der Waals surface area contributed by atoms with E-state index in [9.17, 15) is 9.90 Å². The van der Waals surface area contributed by atoms with Crippen LogP contribution in [0.5, 0.6) is 0 Å². The van der Waals surface area contributed by atoms with Crippen molar-refractivity contribution in [2.45, 2.75) is 38.6 Å². The van der Waals surface area contributed by atoms with Crippen LogP contribution in [0.2, 0.25) is 0 Å². The number of aromatic nitrogens is 2. The summed E-state index contributed by atoms with van der Waals surface area (Å²) in [4.78, 5) is 17.7. The minimum atomic E-state index is -0.772. The average Bonchev–Trinajstić information content (AvgIpc) is 2.83. The molecule has 5 nitrogen and oxygen atoms in total. The van der Waals surface area contributed by atoms with Gasteiger partial charge in [0.05, 0.1) is 0 Å². The molecule has 1 aliphatic rings. The van der Waals surface area contributed by atoms with Gasteiger partial charge in [-0.2, -0.15) is 4.37 Å². The lowest BCUT2D eigenvalue weighted by atomic mass is 9.93. The maximum Gasteiger partial charge on any atom is 0.329 e. The van der Waals surface area contributed by atoms with Gasteiger partial charge < -0.3 is 10.0 Å². The summed E-state index contributed by atoms with van der Waals surface area (Å²) in [5.74, 6) is -0.0392. The standard InChI is InChI=1S/C10H15N3O2S/c1-3-10(8(14)15)5-4-6-13(10)9-11-7(2)12-16-9/h3-6H2,1-2H3,(H,14,15). The molecule has 0 aliphatic carbocycles. The lowest BCUT2D eigenvalue weighted by molar-refractivity contribution is -0.143. The summed E-state index contributed by atoms with van der Waals surface area (Å²) in [5.41, 5.74) is -0.772. The van der Waals surface area contributed by atoms with Crippen LogP contribution < -0.4 is 4.90 Å². The number of anilines is 1. The lowest BCUT2D eigenvalue weighted by Crippen LogP contribution is -2.50. The number of carboxylic acids is 1. The summed E-state index contributed by atoms with van der Waals surface area (Å²) in [6.45, 7) is 4.50. The largest absolute Gasteiger partial charge is 0.479 e. The van der Waals surface area contributed by atoms with Crippen LogP contribution in [0.3, 0.4) is 0 Å². The fourth-order valence-corrected chi connectivity index (χ4v) is 3.09. The smallest absolute Gasteiger partial charge is 0.329 e. The van der Waals surface area contributed by atoms with E-state index in [1.165, 1.54) is 11.5 Å². The highest BCUT2D eigenvalue weighted by molar-refractivity contribution is 7.09. The molecule has 0 bridgehead atoms. The Morgan fingerprint density at radius 1 is 1.69 bits per heavy atom. The second-order valence-electron chi connectivity index (χ2n) is 4.07. The number of aliphatic carboxylic acids is 1. The summed E-state index contributed by atoms with van der Waals surface area (Å²) < 4.78 is 4.12. The van der Waals surface area contributed by atoms with E-state index in [-0.39, 0.29) is 0 Å². The van der Waals surface area contributed by atoms with Gasteiger partial charge in [0.1, 0.15) is 11.4 Å². The molecule has 0 spiro atoms. The van der Waals surface area contributed by atoms with Crippen LogP contribution >= 0.6 is 11.5 Å². The first-order valence-corrected chi connectivity index (χ1v) is 6.19. The van der Waals surface area contributed by atoms with Crippen molar-refractivity contribution in [2.24, 2.45) is 0 Å². The van der Waals surface area contributed by atoms with E-state index < -0.39 is 11.5 Å². The Bertz CT molecular complexity index is 407. The first-order valence-electron chi connectivity index (χ1n) is 5.41. The first-order chi connectivity index (χ1) is 7.60. The number of hydrogen-bond acceptors (Lipinski definition) is 5. The number of hydrogen-bond donors (Lipinski definition) is 1. The van der Waals surface area contributed by atoms with E-state index in [0.29, 0.717) is 18.7 Å². The molecule has 1 aromatic heterocycles. The van der Waals surface area contributed by atoms with Gasteiger partial charge in [-0.1, -0.05) is 6.92 Å². The third-order valence-corrected chi connectivity index (χ3v) is 4.05. The SMILES string of the molecule is CCC1(C(=O)O)CCCN1c1nc(C)ns1. The lowest BCUT2D eigenvalue weighted by Gasteiger charge is -2.33. The van der Waals surface area contributed by atoms with Crippen molar-refractivity contribution in [3.63, 3.8) is 0 Å². The summed E-state index contributed by atoms with van der Waals surface area (Å²) >= 11 is 1.28. The third kappa shape index (κ3) is 1.57. The van der Waals surface area contributed by atoms with Crippen LogP contribution in [0.15, 0.2) is 0 Å². The molecule has 1 unspecified atom stereocenters. The topological polar surface area (TPSA) is 66.3 Å². The van der Waals surface area contributed by atoms with Crippen molar-refractivity contribution >= 4 is 22.6 Å². The van der Waals surface area contributed by atoms with Gasteiger partial charge in [0, 0.05) is 18.1 Å². The minimum absolute atomic E-state index is 0.598. The molecule has 0 radical (unpaired) electrons. The van der Waals surface area contributed by atoms with Gasteiger partial charge in [0.2, 0.25) is 5.13 Å². The van der Waals surface area contributed by atoms with Gasteiger partial charge >= 0.3 is 5.97 Å². The predicted molar refractivity (Wildman–Crippen MR) is 61.9 cm³/mol. The van der Waals surface area contributed by atoms with Crippen LogP contribution in [0, 0.1) is 6.92 Å². The highest BCUT2D eigenvalue weighted by atomic mass is 32.1. The quantitative estimate of drug-likeness (QED) is 0.872. The van der Waals surface area contributed by atoms with Crippen LogP contribution in [0.25, 0.3) is 0 Å². The van der Waals surface area contributed by atoms with E-state index in [4.69, 9.17) is 0 Å². The van der Waals surface area contributed by atoms with E-state index in [0.717, 1.165) is 18.1 Å². The van der Waals surface area contributed by atoms with Crippen molar-refractivity contribution in [3.8, 4) is 0 Å². The maximum atomic E-state index is 11.5. The van der Waals surface area contributed by atoms with Crippen molar-refractivity contribution in [1.82, 2.24) is 9.36 Å². The van der Waals surface area contributed by atoms with E-state index in [1.807, 2.05) is 18.7 Å². The molecule has 1 fully saturated rings. The summed E-state index contributed by atoms with van der Waals surface area (Å²) in [7, 11) is 0. The maximum absolute atomic E-state index is 11.5. The van der Waals surface area contributed by atoms with Crippen molar-refractivity contribution < 1.29 is 9.90 Å². The Morgan fingerprint density at radius 2 is 2.44 bits per heavy atom. The van der Waals surface area contributed by atoms with Gasteiger partial charge in [-0.25, -0.2) is 9.78 Å². The normalized spacial score (nSPS) is 25.0. The molecule has 6 heteroatoms. The molecule has 2 rings (SSSR count). The minimum Gasteiger partial charge on any atom is -0.479 e. The Hall–Kier alpha value is -1.17. The summed E-state index contributed by atoms with van der Waals surface area (Å²) in [5, 5.41) is 10.2. The van der Waals surface area contributed by atoms with E-state index in [1.54, 1.807) is 0 Å². The Labute approximate surface area is 98.3 Å². The number of nitrogens with zero attached hydrogens (tertiary/aromatic N) is 3. The Morgan fingerprint density at radius 3 is 2.94 bits per heavy atom. The molecule has 88 valence electrons. The van der Waals surface area contributed by atoms with Gasteiger partial charge in [0.15, 0.2) is 0 Å². The first kappa shape index (κ1) is 11.3. The van der Waals surface area contributed by atoms with E-state index in [2.05, 4.69) is 9.36 Å². The van der Waals surface area contributed by atoms with Crippen LogP contribution in [0.1, 0.15) is 32.0 Å². The average molecular weight is 241 g/mol. The zero-order chi connectivity index (χ0) is 11.8. The Kier molecular flexibility index (Phi) is 2.84. The molecule has 16 heavy (non-hydrogen) atoms. The van der Waals surface area contributed by atoms with Gasteiger partial charge in [-0.05, 0) is 26.2 Å². The van der Waals surface area contributed by atoms with Crippen molar-refractivity contribution in [2.75, 3.05) is 11.4 Å². The molecule has 0 aromatic carbocycles. The Balaban J connectivity index is 2.36. The summed E-state index contributed by atoms with van der Waals surface area (Å²) in [6, 6.07) is 0. The number of carbonyl (C=O) groups is 1. The molecular weight excluding hydrogens is 226 g/mol. The molecule has 1 aliphatic heterocycles. The zero-order valence-electron chi connectivity index (χ0n) is 9.43. The molecule has 1 atom stereocenters. The van der Waals surface area contributed by atoms with Crippen LogP contribution in [-0.4, -0.2) is 32.5 Å². The van der Waals surface area contributed by atoms with Gasteiger partial charge in [-0.15, -0.1) is 0 Å². The fourth-order valence-electron chi connectivity index (χ4n) is 2.29. The fraction of sp³-hybridized carbons (Fsp3) is 0.700. The van der Waals surface area contributed by atoms with Crippen molar-refractivity contribution in [1.29, 1.82) is 0 Å². The molecule has 2 heterocycles. The number of carboxylic acid groups (broad SMARTS) is 1. The predicted octanol–water partition coefficient (Wildman–Crippen LogP) is 1.68. The molecule has 1 aromatic rings. The van der Waals surface area contributed by atoms with E-state index >= 15 is 0 Å². The van der Waals surface area contributed by atoms with Gasteiger partial charge in [-0.3, -0.25) is 0 Å². The second-order valence-corrected chi connectivity index (χ2v) is 4.80. The molecule has 0 saturated carbocycles. The third-order valence-electron chi connectivity index (χ3n) is 3.22. The monoisotopic (exact) mass is 241 g/mol. The number of rotatable bonds is 3. The second kappa shape index (κ2) is 4.01. The van der Waals surface area contributed by atoms with Crippen molar-refractivity contribution in [3.05, 3.63) is 5.82 Å². The molecule has 0 amide bonds. The molecule has 1 N–H and O–H groups in total. The van der Waals surface area contributed by atoms with Gasteiger partial charge in [0.25, 0.3) is 0 Å². The zero-order valence-corrected chi connectivity index (χ0v) is 10.3. The van der Waals surface area contributed by atoms with Crippen LogP contribution in [0.4, 0.5) is 5.13 Å². The highest BCUT2D eigenvalue weighted by Gasteiger charge is 2.47. The van der Waals surface area contributed by atoms with Crippen LogP contribution in [-0.2, 0) is 4.79 Å². The highest BCUT2D eigenvalue weighted by Crippen LogP contribution is 2.37. The molecule has 1 saturated heterocycles. The number of aryl methyl sites for hydroxylation is 1. The summed E-state index contributed by atoms with van der Waals surface area (Å²) in [6.07, 6.45) is 2.19. The molecular formula is C10H15N3O2S.